The molecule has 3 heteroatoms. The normalized spacial score (nSPS) is 20.5. The van der Waals surface area contributed by atoms with Crippen molar-refractivity contribution in [3.8, 4) is 0 Å². The summed E-state index contributed by atoms with van der Waals surface area (Å²) in [5.74, 6) is -0.888. The van der Waals surface area contributed by atoms with E-state index in [-0.39, 0.29) is 23.4 Å². The smallest absolute Gasteiger partial charge is 0.140 e. The molecule has 0 heterocycles. The maximum absolute atomic E-state index is 13.1. The monoisotopic (exact) mass is 350 g/mol. The molecule has 3 unspecified atom stereocenters. The third kappa shape index (κ3) is 3.82. The lowest BCUT2D eigenvalue weighted by atomic mass is 9.80. The van der Waals surface area contributed by atoms with E-state index in [1.165, 1.54) is 30.2 Å². The van der Waals surface area contributed by atoms with Gasteiger partial charge in [0.15, 0.2) is 0 Å². The largest absolute Gasteiger partial charge is 0.303 e. The molecule has 26 heavy (non-hydrogen) atoms. The Labute approximate surface area is 153 Å². The van der Waals surface area contributed by atoms with Crippen molar-refractivity contribution < 1.29 is 14.0 Å². The first-order chi connectivity index (χ1) is 12.5. The minimum absolute atomic E-state index is 0.0365. The number of ketones is 1. The van der Waals surface area contributed by atoms with Crippen molar-refractivity contribution in [2.24, 2.45) is 11.8 Å². The van der Waals surface area contributed by atoms with Crippen LogP contribution in [0, 0.1) is 17.7 Å². The van der Waals surface area contributed by atoms with Crippen molar-refractivity contribution in [2.75, 3.05) is 0 Å². The summed E-state index contributed by atoms with van der Waals surface area (Å²) in [5, 5.41) is 0. The number of hydrogen-bond donors (Lipinski definition) is 0. The fraction of sp³-hybridized carbons (Fsp3) is 0.304. The van der Waals surface area contributed by atoms with Gasteiger partial charge in [0.2, 0.25) is 0 Å². The summed E-state index contributed by atoms with van der Waals surface area (Å²) in [7, 11) is 0. The van der Waals surface area contributed by atoms with Crippen LogP contribution in [0.1, 0.15) is 36.5 Å². The molecular formula is C23H23FO2. The zero-order valence-corrected chi connectivity index (χ0v) is 15.1. The Balaban J connectivity index is 1.91. The third-order valence-electron chi connectivity index (χ3n) is 5.27. The summed E-state index contributed by atoms with van der Waals surface area (Å²) in [4.78, 5) is 23.5. The van der Waals surface area contributed by atoms with Gasteiger partial charge < -0.3 is 4.79 Å². The molecule has 0 fully saturated rings. The molecule has 0 spiro atoms. The van der Waals surface area contributed by atoms with Gasteiger partial charge in [-0.2, -0.15) is 0 Å². The van der Waals surface area contributed by atoms with Gasteiger partial charge in [-0.3, -0.25) is 4.79 Å². The molecule has 3 rings (SSSR count). The average Bonchev–Trinajstić information content (AvgIpc) is 2.96. The van der Waals surface area contributed by atoms with Gasteiger partial charge in [-0.15, -0.1) is 0 Å². The number of carbonyl (C=O) groups excluding carboxylic acids is 2. The van der Waals surface area contributed by atoms with Crippen LogP contribution < -0.4 is 0 Å². The minimum Gasteiger partial charge on any atom is -0.303 e. The molecule has 2 aromatic rings. The van der Waals surface area contributed by atoms with Gasteiger partial charge in [-0.25, -0.2) is 4.39 Å². The van der Waals surface area contributed by atoms with Crippen LogP contribution in [0.15, 0.2) is 60.2 Å². The molecule has 2 aromatic carbocycles. The second-order valence-electron chi connectivity index (χ2n) is 7.18. The van der Waals surface area contributed by atoms with Crippen LogP contribution in [0.25, 0.3) is 0 Å². The molecule has 0 radical (unpaired) electrons. The van der Waals surface area contributed by atoms with Crippen molar-refractivity contribution >= 4 is 12.1 Å². The second kappa shape index (κ2) is 7.77. The fourth-order valence-electron chi connectivity index (χ4n) is 4.01. The standard InChI is InChI=1S/C23H23FO2/c1-15(11-17-7-9-19(24)10-8-17)12-21-20-6-4-3-5-18(20)13-22(21)23(14-25)16(2)26/h3-10,12,14,21-23H,11,13H2,1-2H3. The Morgan fingerprint density at radius 1 is 1.15 bits per heavy atom. The summed E-state index contributed by atoms with van der Waals surface area (Å²) < 4.78 is 13.1. The zero-order chi connectivity index (χ0) is 18.7. The van der Waals surface area contributed by atoms with Crippen LogP contribution in [0.4, 0.5) is 4.39 Å². The molecule has 0 aliphatic heterocycles. The summed E-state index contributed by atoms with van der Waals surface area (Å²) in [5.41, 5.74) is 4.60. The topological polar surface area (TPSA) is 34.1 Å². The maximum Gasteiger partial charge on any atom is 0.140 e. The highest BCUT2D eigenvalue weighted by Gasteiger charge is 2.38. The number of fused-ring (bicyclic) bond motifs is 1. The first-order valence-corrected chi connectivity index (χ1v) is 8.95. The van der Waals surface area contributed by atoms with Crippen LogP contribution in [-0.2, 0) is 22.4 Å². The molecule has 0 bridgehead atoms. The number of benzene rings is 2. The molecule has 1 aliphatic carbocycles. The molecule has 0 amide bonds. The van der Waals surface area contributed by atoms with Gasteiger partial charge in [-0.05, 0) is 61.4 Å². The predicted molar refractivity (Wildman–Crippen MR) is 100 cm³/mol. The lowest BCUT2D eigenvalue weighted by Crippen LogP contribution is -2.26. The Kier molecular flexibility index (Phi) is 5.46. The van der Waals surface area contributed by atoms with Crippen molar-refractivity contribution in [2.45, 2.75) is 32.6 Å². The Morgan fingerprint density at radius 3 is 2.50 bits per heavy atom. The van der Waals surface area contributed by atoms with E-state index < -0.39 is 5.92 Å². The van der Waals surface area contributed by atoms with Gasteiger partial charge in [0.05, 0.1) is 5.92 Å². The summed E-state index contributed by atoms with van der Waals surface area (Å²) in [6, 6.07) is 14.7. The van der Waals surface area contributed by atoms with Crippen LogP contribution in [0.3, 0.4) is 0 Å². The van der Waals surface area contributed by atoms with E-state index in [4.69, 9.17) is 0 Å². The van der Waals surface area contributed by atoms with E-state index in [1.54, 1.807) is 12.1 Å². The predicted octanol–water partition coefficient (Wildman–Crippen LogP) is 4.67. The highest BCUT2D eigenvalue weighted by molar-refractivity contribution is 5.92. The van der Waals surface area contributed by atoms with Crippen molar-refractivity contribution in [3.63, 3.8) is 0 Å². The maximum atomic E-state index is 13.1. The number of Topliss-reactive ketones (excluding diaryl/α,β-unsaturated/α-hetero) is 1. The molecule has 0 aromatic heterocycles. The van der Waals surface area contributed by atoms with E-state index in [0.29, 0.717) is 0 Å². The Hall–Kier alpha value is -2.55. The lowest BCUT2D eigenvalue weighted by molar-refractivity contribution is -0.127. The van der Waals surface area contributed by atoms with Gasteiger partial charge in [0.1, 0.15) is 17.9 Å². The number of carbonyl (C=O) groups is 2. The zero-order valence-electron chi connectivity index (χ0n) is 15.1. The number of halogens is 1. The number of allylic oxidation sites excluding steroid dienone is 2. The van der Waals surface area contributed by atoms with Crippen LogP contribution in [0.2, 0.25) is 0 Å². The van der Waals surface area contributed by atoms with Crippen molar-refractivity contribution in [3.05, 3.63) is 82.7 Å². The van der Waals surface area contributed by atoms with E-state index in [0.717, 1.165) is 30.3 Å². The average molecular weight is 350 g/mol. The molecular weight excluding hydrogens is 327 g/mol. The Morgan fingerprint density at radius 2 is 1.85 bits per heavy atom. The third-order valence-corrected chi connectivity index (χ3v) is 5.27. The minimum atomic E-state index is -0.581. The van der Waals surface area contributed by atoms with Crippen LogP contribution >= 0.6 is 0 Å². The second-order valence-corrected chi connectivity index (χ2v) is 7.18. The summed E-state index contributed by atoms with van der Waals surface area (Å²) in [6.45, 7) is 3.54. The molecule has 134 valence electrons. The SMILES string of the molecule is CC(=O)C(C=O)C1Cc2ccccc2C1C=C(C)Cc1ccc(F)cc1. The molecule has 3 atom stereocenters. The molecule has 2 nitrogen and oxygen atoms in total. The fourth-order valence-corrected chi connectivity index (χ4v) is 4.01. The van der Waals surface area contributed by atoms with Gasteiger partial charge in [0.25, 0.3) is 0 Å². The molecule has 0 saturated carbocycles. The number of aldehydes is 1. The lowest BCUT2D eigenvalue weighted by Gasteiger charge is -2.22. The number of rotatable bonds is 6. The highest BCUT2D eigenvalue weighted by atomic mass is 19.1. The summed E-state index contributed by atoms with van der Waals surface area (Å²) >= 11 is 0. The van der Waals surface area contributed by atoms with Crippen molar-refractivity contribution in [1.29, 1.82) is 0 Å². The van der Waals surface area contributed by atoms with Crippen LogP contribution in [0.5, 0.6) is 0 Å². The van der Waals surface area contributed by atoms with Crippen LogP contribution in [-0.4, -0.2) is 12.1 Å². The van der Waals surface area contributed by atoms with E-state index in [9.17, 15) is 14.0 Å². The van der Waals surface area contributed by atoms with Gasteiger partial charge in [-0.1, -0.05) is 48.0 Å². The van der Waals surface area contributed by atoms with E-state index in [2.05, 4.69) is 18.2 Å². The number of hydrogen-bond acceptors (Lipinski definition) is 2. The summed E-state index contributed by atoms with van der Waals surface area (Å²) in [6.07, 6.45) is 4.44. The Bertz CT molecular complexity index is 836. The van der Waals surface area contributed by atoms with E-state index in [1.807, 2.05) is 19.1 Å². The first-order valence-electron chi connectivity index (χ1n) is 8.95. The van der Waals surface area contributed by atoms with Gasteiger partial charge in [0, 0.05) is 5.92 Å². The molecule has 0 N–H and O–H groups in total. The highest BCUT2D eigenvalue weighted by Crippen LogP contribution is 2.43. The van der Waals surface area contributed by atoms with Crippen molar-refractivity contribution in [1.82, 2.24) is 0 Å². The first kappa shape index (κ1) is 18.2. The quantitative estimate of drug-likeness (QED) is 0.431. The van der Waals surface area contributed by atoms with Gasteiger partial charge >= 0.3 is 0 Å². The van der Waals surface area contributed by atoms with E-state index >= 15 is 0 Å². The molecule has 1 aliphatic rings. The molecule has 0 saturated heterocycles.